The lowest BCUT2D eigenvalue weighted by atomic mass is 9.71. The lowest BCUT2D eigenvalue weighted by Gasteiger charge is -2.33. The Balaban J connectivity index is 0.961. The van der Waals surface area contributed by atoms with Crippen LogP contribution >= 0.6 is 0 Å². The second-order valence-corrected chi connectivity index (χ2v) is 15.6. The highest BCUT2D eigenvalue weighted by molar-refractivity contribution is 5.79. The monoisotopic (exact) mass is 720 g/mol. The molecule has 10 rings (SSSR count). The van der Waals surface area contributed by atoms with E-state index in [4.69, 9.17) is 9.97 Å². The van der Waals surface area contributed by atoms with Crippen molar-refractivity contribution in [2.45, 2.75) is 37.5 Å². The Kier molecular flexibility index (Phi) is 9.17. The van der Waals surface area contributed by atoms with Crippen molar-refractivity contribution in [1.29, 1.82) is 0 Å². The molecule has 56 heavy (non-hydrogen) atoms. The second kappa shape index (κ2) is 15.0. The molecule has 0 N–H and O–H groups in total. The van der Waals surface area contributed by atoms with Gasteiger partial charge in [0.25, 0.3) is 0 Å². The number of benzene rings is 5. The summed E-state index contributed by atoms with van der Waals surface area (Å²) >= 11 is 0. The van der Waals surface area contributed by atoms with Gasteiger partial charge >= 0.3 is 0 Å². The largest absolute Gasteiger partial charge is 0.232 e. The molecular weight excluding hydrogens is 677 g/mol. The van der Waals surface area contributed by atoms with Crippen molar-refractivity contribution in [2.24, 2.45) is 11.8 Å². The third-order valence-corrected chi connectivity index (χ3v) is 12.2. The zero-order valence-electron chi connectivity index (χ0n) is 31.5. The Bertz CT molecular complexity index is 2530. The van der Waals surface area contributed by atoms with Crippen molar-refractivity contribution >= 4 is 5.57 Å². The average molecular weight is 721 g/mol. The van der Waals surface area contributed by atoms with E-state index in [0.29, 0.717) is 17.8 Å². The van der Waals surface area contributed by atoms with Gasteiger partial charge in [-0.05, 0) is 94.2 Å². The maximum atomic E-state index is 5.15. The van der Waals surface area contributed by atoms with E-state index < -0.39 is 0 Å². The number of fused-ring (bicyclic) bond motifs is 6. The third kappa shape index (κ3) is 6.77. The third-order valence-electron chi connectivity index (χ3n) is 12.2. The van der Waals surface area contributed by atoms with Crippen LogP contribution in [0.3, 0.4) is 0 Å². The van der Waals surface area contributed by atoms with Crippen molar-refractivity contribution < 1.29 is 0 Å². The Labute approximate surface area is 330 Å². The summed E-state index contributed by atoms with van der Waals surface area (Å²) in [6, 6.07) is 48.5. The number of nitrogens with zero attached hydrogens (tertiary/aromatic N) is 2. The first-order valence-electron chi connectivity index (χ1n) is 20.1. The fourth-order valence-electron chi connectivity index (χ4n) is 9.21. The van der Waals surface area contributed by atoms with Gasteiger partial charge in [0.05, 0.1) is 11.4 Å². The quantitative estimate of drug-likeness (QED) is 0.177. The summed E-state index contributed by atoms with van der Waals surface area (Å²) < 4.78 is 0. The highest BCUT2D eigenvalue weighted by atomic mass is 14.9. The number of hydrogen-bond donors (Lipinski definition) is 0. The van der Waals surface area contributed by atoms with Crippen LogP contribution in [0, 0.1) is 11.8 Å². The van der Waals surface area contributed by atoms with Gasteiger partial charge in [0.1, 0.15) is 0 Å². The van der Waals surface area contributed by atoms with Crippen LogP contribution in [0.1, 0.15) is 53.5 Å². The maximum Gasteiger partial charge on any atom is 0.160 e. The van der Waals surface area contributed by atoms with Gasteiger partial charge < -0.3 is 0 Å². The fourth-order valence-corrected chi connectivity index (χ4v) is 9.21. The van der Waals surface area contributed by atoms with Crippen molar-refractivity contribution in [1.82, 2.24) is 9.97 Å². The molecule has 270 valence electrons. The predicted molar refractivity (Wildman–Crippen MR) is 233 cm³/mol. The first-order chi connectivity index (χ1) is 27.7. The van der Waals surface area contributed by atoms with Gasteiger partial charge in [-0.1, -0.05) is 188 Å². The molecular formula is C54H44N2. The Morgan fingerprint density at radius 3 is 2.02 bits per heavy atom. The molecule has 4 atom stereocenters. The minimum Gasteiger partial charge on any atom is -0.232 e. The van der Waals surface area contributed by atoms with E-state index in [0.717, 1.165) is 54.0 Å². The van der Waals surface area contributed by atoms with Crippen LogP contribution in [0.25, 0.3) is 50.5 Å². The van der Waals surface area contributed by atoms with E-state index in [1.54, 1.807) is 5.57 Å². The van der Waals surface area contributed by atoms with Gasteiger partial charge in [0, 0.05) is 23.0 Å². The Morgan fingerprint density at radius 1 is 0.482 bits per heavy atom. The van der Waals surface area contributed by atoms with Crippen molar-refractivity contribution in [3.05, 3.63) is 222 Å². The summed E-state index contributed by atoms with van der Waals surface area (Å²) in [6.07, 6.45) is 27.2. The van der Waals surface area contributed by atoms with Crippen LogP contribution in [-0.2, 0) is 6.42 Å². The molecule has 0 aliphatic heterocycles. The van der Waals surface area contributed by atoms with E-state index >= 15 is 0 Å². The number of aromatic nitrogens is 2. The zero-order valence-corrected chi connectivity index (χ0v) is 31.5. The molecule has 0 saturated carbocycles. The first-order valence-corrected chi connectivity index (χ1v) is 20.1. The fraction of sp³-hybridized carbons (Fsp3) is 0.148. The molecule has 3 unspecified atom stereocenters. The smallest absolute Gasteiger partial charge is 0.160 e. The lowest BCUT2D eigenvalue weighted by molar-refractivity contribution is 0.452. The molecule has 1 aromatic heterocycles. The van der Waals surface area contributed by atoms with Crippen LogP contribution in [0.15, 0.2) is 200 Å². The van der Waals surface area contributed by atoms with Crippen LogP contribution < -0.4 is 0 Å². The van der Waals surface area contributed by atoms with Crippen LogP contribution in [0.5, 0.6) is 0 Å². The van der Waals surface area contributed by atoms with Gasteiger partial charge in [0.15, 0.2) is 5.82 Å². The molecule has 4 aliphatic carbocycles. The molecule has 0 fully saturated rings. The molecule has 4 aliphatic rings. The normalized spacial score (nSPS) is 20.9. The molecule has 2 nitrogen and oxygen atoms in total. The van der Waals surface area contributed by atoms with Gasteiger partial charge in [-0.2, -0.15) is 0 Å². The van der Waals surface area contributed by atoms with Crippen LogP contribution in [0.4, 0.5) is 0 Å². The Morgan fingerprint density at radius 2 is 1.20 bits per heavy atom. The molecule has 5 aromatic carbocycles. The summed E-state index contributed by atoms with van der Waals surface area (Å²) in [5.74, 6) is 2.30. The van der Waals surface area contributed by atoms with E-state index in [1.807, 2.05) is 12.1 Å². The first kappa shape index (κ1) is 34.1. The second-order valence-electron chi connectivity index (χ2n) is 15.6. The molecule has 0 spiro atoms. The van der Waals surface area contributed by atoms with Gasteiger partial charge in [-0.3, -0.25) is 0 Å². The molecule has 0 radical (unpaired) electrons. The minimum absolute atomic E-state index is 0.148. The molecule has 0 amide bonds. The predicted octanol–water partition coefficient (Wildman–Crippen LogP) is 13.5. The minimum atomic E-state index is 0.148. The summed E-state index contributed by atoms with van der Waals surface area (Å²) in [7, 11) is 0. The molecule has 0 saturated heterocycles. The van der Waals surface area contributed by atoms with Gasteiger partial charge in [-0.15, -0.1) is 0 Å². The molecule has 6 aromatic rings. The number of allylic oxidation sites excluding steroid dienone is 12. The van der Waals surface area contributed by atoms with Crippen molar-refractivity contribution in [3.8, 4) is 44.9 Å². The highest BCUT2D eigenvalue weighted by Crippen LogP contribution is 2.46. The summed E-state index contributed by atoms with van der Waals surface area (Å²) in [5, 5.41) is 0. The zero-order chi connectivity index (χ0) is 37.3. The van der Waals surface area contributed by atoms with E-state index in [-0.39, 0.29) is 5.92 Å². The summed E-state index contributed by atoms with van der Waals surface area (Å²) in [6.45, 7) is 0. The van der Waals surface area contributed by atoms with Crippen molar-refractivity contribution in [3.63, 3.8) is 0 Å². The maximum absolute atomic E-state index is 5.15. The summed E-state index contributed by atoms with van der Waals surface area (Å²) in [5.41, 5.74) is 16.4. The molecule has 0 bridgehead atoms. The van der Waals surface area contributed by atoms with Crippen LogP contribution in [0.2, 0.25) is 0 Å². The SMILES string of the molecule is C1=CCC2C(=C1)CC1C=CC=C[C@H]1Cc1ccccc1-c1ccc(-c3ccc(C4=CC=CC(c5cc(-c6ccccc6)nc(-c6ccccc6)n5)C4)cc3)cc12. The van der Waals surface area contributed by atoms with E-state index in [1.165, 1.54) is 44.5 Å². The van der Waals surface area contributed by atoms with E-state index in [9.17, 15) is 0 Å². The Hall–Kier alpha value is -6.38. The highest BCUT2D eigenvalue weighted by Gasteiger charge is 2.29. The number of rotatable bonds is 5. The average Bonchev–Trinajstić information content (AvgIpc) is 3.28. The van der Waals surface area contributed by atoms with Gasteiger partial charge in [-0.25, -0.2) is 9.97 Å². The van der Waals surface area contributed by atoms with Gasteiger partial charge in [0.2, 0.25) is 0 Å². The number of hydrogen-bond acceptors (Lipinski definition) is 2. The van der Waals surface area contributed by atoms with Crippen molar-refractivity contribution in [2.75, 3.05) is 0 Å². The summed E-state index contributed by atoms with van der Waals surface area (Å²) in [4.78, 5) is 10.2. The lowest BCUT2D eigenvalue weighted by Crippen LogP contribution is -2.20. The molecule has 1 heterocycles. The standard InChI is InChI=1S/C54H44N2/c1-3-14-39(15-4-1)52-36-53(56-54(55-52)40-16-5-2-6-17-40)47-23-13-22-41(34-47)37-26-28-38(29-27-37)44-30-31-50-48-24-11-9-20-45(48)32-42-18-7-8-19-43(42)33-46-21-10-12-25-49(46)51(50)35-44/h1-24,26-31,35-36,42-43,47,49H,25,32-34H2/t42-,43?,47?,49?/m0/s1. The topological polar surface area (TPSA) is 25.8 Å². The van der Waals surface area contributed by atoms with Crippen LogP contribution in [-0.4, -0.2) is 9.97 Å². The molecule has 2 heteroatoms. The van der Waals surface area contributed by atoms with E-state index in [2.05, 4.69) is 182 Å².